The standard InChI is InChI=1S/C17H20BrN5/c1-11-10-23-15-4-3-13(18)9-14(15)21-16(17(23)20-12(11)2)22-7-5-19-6-8-22/h3-4,9-10,12,19H,5-8H2,1-2H3. The second kappa shape index (κ2) is 5.76. The number of hydrogen-bond donors (Lipinski definition) is 1. The van der Waals surface area contributed by atoms with Gasteiger partial charge in [-0.2, -0.15) is 0 Å². The van der Waals surface area contributed by atoms with Crippen molar-refractivity contribution in [3.05, 3.63) is 34.4 Å². The lowest BCUT2D eigenvalue weighted by atomic mass is 10.1. The van der Waals surface area contributed by atoms with E-state index in [0.717, 1.165) is 53.7 Å². The number of anilines is 1. The largest absolute Gasteiger partial charge is 0.351 e. The van der Waals surface area contributed by atoms with Crippen molar-refractivity contribution in [2.75, 3.05) is 31.1 Å². The van der Waals surface area contributed by atoms with Gasteiger partial charge in [0.2, 0.25) is 0 Å². The molecule has 120 valence electrons. The summed E-state index contributed by atoms with van der Waals surface area (Å²) in [7, 11) is 0. The minimum absolute atomic E-state index is 0.200. The molecule has 3 heterocycles. The first-order valence-electron chi connectivity index (χ1n) is 8.03. The molecule has 1 aromatic rings. The minimum Gasteiger partial charge on any atom is -0.351 e. The molecule has 3 aliphatic rings. The molecule has 1 atom stereocenters. The summed E-state index contributed by atoms with van der Waals surface area (Å²) in [5.41, 5.74) is 3.35. The molecule has 1 aromatic carbocycles. The fourth-order valence-corrected chi connectivity index (χ4v) is 3.46. The summed E-state index contributed by atoms with van der Waals surface area (Å²) in [5, 5.41) is 3.40. The fourth-order valence-electron chi connectivity index (χ4n) is 3.11. The van der Waals surface area contributed by atoms with Gasteiger partial charge in [-0.25, -0.2) is 4.99 Å². The topological polar surface area (TPSA) is 43.2 Å². The number of nitrogens with one attached hydrogen (secondary N) is 1. The Bertz CT molecular complexity index is 730. The third-order valence-corrected chi connectivity index (χ3v) is 5.07. The van der Waals surface area contributed by atoms with E-state index in [1.54, 1.807) is 0 Å². The SMILES string of the molecule is CC1=CN2C(=NC1C)C(N1CCNCC1)=Nc1cc(Br)ccc12. The van der Waals surface area contributed by atoms with Crippen LogP contribution in [0.5, 0.6) is 0 Å². The molecule has 0 saturated carbocycles. The van der Waals surface area contributed by atoms with Gasteiger partial charge in [0.1, 0.15) is 0 Å². The van der Waals surface area contributed by atoms with Crippen molar-refractivity contribution in [2.45, 2.75) is 19.9 Å². The molecule has 1 N–H and O–H groups in total. The van der Waals surface area contributed by atoms with E-state index in [2.05, 4.69) is 69.3 Å². The van der Waals surface area contributed by atoms with Crippen molar-refractivity contribution in [3.63, 3.8) is 0 Å². The summed E-state index contributed by atoms with van der Waals surface area (Å²) in [6, 6.07) is 6.44. The maximum Gasteiger partial charge on any atom is 0.176 e. The van der Waals surface area contributed by atoms with Crippen LogP contribution in [-0.2, 0) is 0 Å². The Morgan fingerprint density at radius 3 is 2.78 bits per heavy atom. The van der Waals surface area contributed by atoms with Crippen molar-refractivity contribution in [3.8, 4) is 0 Å². The Kier molecular flexibility index (Phi) is 3.73. The van der Waals surface area contributed by atoms with Crippen LogP contribution < -0.4 is 10.2 Å². The molecule has 4 rings (SSSR count). The summed E-state index contributed by atoms with van der Waals surface area (Å²) in [4.78, 5) is 14.4. The van der Waals surface area contributed by atoms with Crippen molar-refractivity contribution >= 4 is 39.0 Å². The van der Waals surface area contributed by atoms with E-state index in [-0.39, 0.29) is 6.04 Å². The summed E-state index contributed by atoms with van der Waals surface area (Å²) in [5.74, 6) is 1.97. The molecule has 5 nitrogen and oxygen atoms in total. The summed E-state index contributed by atoms with van der Waals surface area (Å²) >= 11 is 3.56. The second-order valence-electron chi connectivity index (χ2n) is 6.18. The molecule has 0 aliphatic carbocycles. The average molecular weight is 374 g/mol. The van der Waals surface area contributed by atoms with Crippen LogP contribution in [0.1, 0.15) is 13.8 Å². The van der Waals surface area contributed by atoms with Gasteiger partial charge >= 0.3 is 0 Å². The van der Waals surface area contributed by atoms with Gasteiger partial charge in [0.05, 0.1) is 17.4 Å². The molecule has 23 heavy (non-hydrogen) atoms. The Labute approximate surface area is 144 Å². The first kappa shape index (κ1) is 14.9. The molecule has 3 aliphatic heterocycles. The molecule has 0 bridgehead atoms. The smallest absolute Gasteiger partial charge is 0.176 e. The molecule has 1 saturated heterocycles. The van der Waals surface area contributed by atoms with Gasteiger partial charge in [0.25, 0.3) is 0 Å². The zero-order chi connectivity index (χ0) is 16.0. The molecule has 0 aromatic heterocycles. The monoisotopic (exact) mass is 373 g/mol. The number of amidine groups is 2. The summed E-state index contributed by atoms with van der Waals surface area (Å²) in [6.45, 7) is 8.19. The number of halogens is 1. The third kappa shape index (κ3) is 2.60. The Balaban J connectivity index is 1.85. The van der Waals surface area contributed by atoms with Crippen molar-refractivity contribution in [2.24, 2.45) is 9.98 Å². The average Bonchev–Trinajstić information content (AvgIpc) is 2.56. The second-order valence-corrected chi connectivity index (χ2v) is 7.09. The first-order valence-corrected chi connectivity index (χ1v) is 8.82. The highest BCUT2D eigenvalue weighted by atomic mass is 79.9. The van der Waals surface area contributed by atoms with Crippen LogP contribution in [0.2, 0.25) is 0 Å². The van der Waals surface area contributed by atoms with E-state index in [4.69, 9.17) is 9.98 Å². The minimum atomic E-state index is 0.200. The van der Waals surface area contributed by atoms with Crippen molar-refractivity contribution < 1.29 is 0 Å². The molecule has 1 unspecified atom stereocenters. The van der Waals surface area contributed by atoms with E-state index in [1.807, 2.05) is 0 Å². The maximum atomic E-state index is 4.96. The van der Waals surface area contributed by atoms with Gasteiger partial charge in [-0.3, -0.25) is 9.89 Å². The number of hydrogen-bond acceptors (Lipinski definition) is 5. The van der Waals surface area contributed by atoms with Gasteiger partial charge in [-0.1, -0.05) is 15.9 Å². The molecular weight excluding hydrogens is 354 g/mol. The fraction of sp³-hybridized carbons (Fsp3) is 0.412. The lowest BCUT2D eigenvalue weighted by molar-refractivity contribution is 0.360. The lowest BCUT2D eigenvalue weighted by Gasteiger charge is -2.39. The molecule has 6 heteroatoms. The number of aliphatic imine (C=N–C) groups is 2. The van der Waals surface area contributed by atoms with Crippen molar-refractivity contribution in [1.29, 1.82) is 0 Å². The van der Waals surface area contributed by atoms with Gasteiger partial charge in [0.15, 0.2) is 11.7 Å². The van der Waals surface area contributed by atoms with Gasteiger partial charge < -0.3 is 10.2 Å². The molecule has 0 amide bonds. The number of benzene rings is 1. The van der Waals surface area contributed by atoms with Crippen molar-refractivity contribution in [1.82, 2.24) is 10.2 Å². The van der Waals surface area contributed by atoms with Crippen LogP contribution >= 0.6 is 15.9 Å². The lowest BCUT2D eigenvalue weighted by Crippen LogP contribution is -2.53. The van der Waals surface area contributed by atoms with Crippen LogP contribution in [0.15, 0.2) is 44.4 Å². The Hall–Kier alpha value is -1.66. The third-order valence-electron chi connectivity index (χ3n) is 4.58. The Morgan fingerprint density at radius 1 is 1.22 bits per heavy atom. The highest BCUT2D eigenvalue weighted by molar-refractivity contribution is 9.10. The van der Waals surface area contributed by atoms with Gasteiger partial charge in [-0.15, -0.1) is 0 Å². The predicted molar refractivity (Wildman–Crippen MR) is 98.8 cm³/mol. The van der Waals surface area contributed by atoms with Crippen LogP contribution in [0.3, 0.4) is 0 Å². The summed E-state index contributed by atoms with van der Waals surface area (Å²) < 4.78 is 1.05. The quantitative estimate of drug-likeness (QED) is 0.760. The number of rotatable bonds is 0. The highest BCUT2D eigenvalue weighted by Crippen LogP contribution is 2.38. The van der Waals surface area contributed by atoms with Crippen LogP contribution in [0, 0.1) is 0 Å². The maximum absolute atomic E-state index is 4.96. The molecule has 0 spiro atoms. The number of piperazine rings is 1. The Morgan fingerprint density at radius 2 is 2.00 bits per heavy atom. The van der Waals surface area contributed by atoms with Crippen LogP contribution in [-0.4, -0.2) is 48.8 Å². The van der Waals surface area contributed by atoms with E-state index in [0.29, 0.717) is 0 Å². The molecular formula is C17H20BrN5. The molecule has 0 radical (unpaired) electrons. The predicted octanol–water partition coefficient (Wildman–Crippen LogP) is 2.91. The zero-order valence-corrected chi connectivity index (χ0v) is 15.0. The van der Waals surface area contributed by atoms with Crippen LogP contribution in [0.4, 0.5) is 11.4 Å². The highest BCUT2D eigenvalue weighted by Gasteiger charge is 2.32. The molecule has 1 fully saturated rings. The first-order chi connectivity index (χ1) is 11.1. The van der Waals surface area contributed by atoms with Gasteiger partial charge in [0, 0.05) is 36.9 Å². The number of fused-ring (bicyclic) bond motifs is 3. The van der Waals surface area contributed by atoms with E-state index >= 15 is 0 Å². The normalized spacial score (nSPS) is 23.6. The number of nitrogens with zero attached hydrogens (tertiary/aromatic N) is 4. The van der Waals surface area contributed by atoms with E-state index < -0.39 is 0 Å². The summed E-state index contributed by atoms with van der Waals surface area (Å²) in [6.07, 6.45) is 2.20. The van der Waals surface area contributed by atoms with E-state index in [9.17, 15) is 0 Å². The zero-order valence-electron chi connectivity index (χ0n) is 13.4. The van der Waals surface area contributed by atoms with Gasteiger partial charge in [-0.05, 0) is 37.6 Å². The van der Waals surface area contributed by atoms with E-state index in [1.165, 1.54) is 5.57 Å². The van der Waals surface area contributed by atoms with Crippen LogP contribution in [0.25, 0.3) is 0 Å².